The molecule has 12 heavy (non-hydrogen) atoms. The van der Waals surface area contributed by atoms with E-state index in [0.717, 1.165) is 12.8 Å². The van der Waals surface area contributed by atoms with E-state index in [-0.39, 0.29) is 5.69 Å². The van der Waals surface area contributed by atoms with E-state index < -0.39 is 0 Å². The predicted octanol–water partition coefficient (Wildman–Crippen LogP) is 1.35. The molecule has 0 bridgehead atoms. The monoisotopic (exact) mass is 185 g/mol. The quantitative estimate of drug-likeness (QED) is 0.649. The molecule has 1 aromatic heterocycles. The van der Waals surface area contributed by atoms with Crippen molar-refractivity contribution in [3.63, 3.8) is 0 Å². The lowest BCUT2D eigenvalue weighted by atomic mass is 10.2. The van der Waals surface area contributed by atoms with Crippen molar-refractivity contribution in [1.29, 1.82) is 0 Å². The predicted molar refractivity (Wildman–Crippen MR) is 47.7 cm³/mol. The molecule has 66 valence electrons. The molecule has 0 saturated heterocycles. The van der Waals surface area contributed by atoms with Crippen LogP contribution < -0.4 is 5.69 Å². The van der Waals surface area contributed by atoms with Gasteiger partial charge in [-0.3, -0.25) is 9.67 Å². The molecule has 5 heteroatoms. The lowest BCUT2D eigenvalue weighted by molar-refractivity contribution is 0.498. The van der Waals surface area contributed by atoms with E-state index in [1.807, 2.05) is 0 Å². The average molecular weight is 185 g/mol. The molecular formula is C7H11N3OS. The number of hydrogen-bond acceptors (Lipinski definition) is 2. The number of H-pyrrole nitrogens is 2. The minimum Gasteiger partial charge on any atom is -0.272 e. The van der Waals surface area contributed by atoms with Gasteiger partial charge in [-0.1, -0.05) is 12.8 Å². The van der Waals surface area contributed by atoms with E-state index in [1.165, 1.54) is 12.8 Å². The van der Waals surface area contributed by atoms with Gasteiger partial charge in [-0.05, 0) is 25.1 Å². The molecule has 0 radical (unpaired) electrons. The van der Waals surface area contributed by atoms with Gasteiger partial charge in [0, 0.05) is 6.04 Å². The molecule has 2 rings (SSSR count). The SMILES string of the molecule is O=c1[nH][nH]c(=S)n1C1CCCC1. The second kappa shape index (κ2) is 2.90. The zero-order valence-electron chi connectivity index (χ0n) is 6.67. The van der Waals surface area contributed by atoms with Crippen LogP contribution in [0, 0.1) is 4.77 Å². The minimum absolute atomic E-state index is 0.105. The normalized spacial score (nSPS) is 18.7. The highest BCUT2D eigenvalue weighted by molar-refractivity contribution is 7.71. The molecule has 0 unspecified atom stereocenters. The molecule has 1 fully saturated rings. The van der Waals surface area contributed by atoms with Crippen molar-refractivity contribution < 1.29 is 0 Å². The van der Waals surface area contributed by atoms with E-state index in [1.54, 1.807) is 4.57 Å². The van der Waals surface area contributed by atoms with Gasteiger partial charge in [0.15, 0.2) is 4.77 Å². The van der Waals surface area contributed by atoms with Crippen LogP contribution in [0.5, 0.6) is 0 Å². The highest BCUT2D eigenvalue weighted by atomic mass is 32.1. The molecule has 4 nitrogen and oxygen atoms in total. The fourth-order valence-corrected chi connectivity index (χ4v) is 2.10. The van der Waals surface area contributed by atoms with Crippen molar-refractivity contribution in [3.05, 3.63) is 15.3 Å². The zero-order valence-corrected chi connectivity index (χ0v) is 7.49. The highest BCUT2D eigenvalue weighted by Gasteiger charge is 2.19. The number of rotatable bonds is 1. The Morgan fingerprint density at radius 2 is 2.00 bits per heavy atom. The van der Waals surface area contributed by atoms with Gasteiger partial charge < -0.3 is 0 Å². The molecule has 1 aliphatic rings. The summed E-state index contributed by atoms with van der Waals surface area (Å²) >= 11 is 4.99. The summed E-state index contributed by atoms with van der Waals surface area (Å²) in [6.45, 7) is 0. The maximum Gasteiger partial charge on any atom is 0.342 e. The van der Waals surface area contributed by atoms with Crippen molar-refractivity contribution in [2.24, 2.45) is 0 Å². The van der Waals surface area contributed by atoms with E-state index >= 15 is 0 Å². The molecule has 2 N–H and O–H groups in total. The van der Waals surface area contributed by atoms with E-state index in [4.69, 9.17) is 12.2 Å². The highest BCUT2D eigenvalue weighted by Crippen LogP contribution is 2.27. The molecule has 0 amide bonds. The first-order valence-corrected chi connectivity index (χ1v) is 4.59. The summed E-state index contributed by atoms with van der Waals surface area (Å²) in [6, 6.07) is 0.326. The maximum atomic E-state index is 11.2. The van der Waals surface area contributed by atoms with Gasteiger partial charge in [-0.15, -0.1) is 0 Å². The van der Waals surface area contributed by atoms with Gasteiger partial charge in [0.1, 0.15) is 0 Å². The van der Waals surface area contributed by atoms with Crippen molar-refractivity contribution in [1.82, 2.24) is 14.8 Å². The Morgan fingerprint density at radius 1 is 1.33 bits per heavy atom. The van der Waals surface area contributed by atoms with Gasteiger partial charge >= 0.3 is 5.69 Å². The first-order chi connectivity index (χ1) is 5.79. The smallest absolute Gasteiger partial charge is 0.272 e. The van der Waals surface area contributed by atoms with E-state index in [9.17, 15) is 4.79 Å². The number of nitrogens with zero attached hydrogens (tertiary/aromatic N) is 1. The summed E-state index contributed by atoms with van der Waals surface area (Å²) in [4.78, 5) is 11.2. The third-order valence-corrected chi connectivity index (χ3v) is 2.70. The topological polar surface area (TPSA) is 53.6 Å². The van der Waals surface area contributed by atoms with Crippen molar-refractivity contribution >= 4 is 12.2 Å². The average Bonchev–Trinajstić information content (AvgIpc) is 2.61. The lowest BCUT2D eigenvalue weighted by Gasteiger charge is -2.07. The fraction of sp³-hybridized carbons (Fsp3) is 0.714. The summed E-state index contributed by atoms with van der Waals surface area (Å²) < 4.78 is 2.18. The Morgan fingerprint density at radius 3 is 2.50 bits per heavy atom. The molecule has 1 saturated carbocycles. The van der Waals surface area contributed by atoms with Gasteiger partial charge in [0.2, 0.25) is 0 Å². The fourth-order valence-electron chi connectivity index (χ4n) is 1.81. The summed E-state index contributed by atoms with van der Waals surface area (Å²) in [7, 11) is 0. The third kappa shape index (κ3) is 1.14. The number of aromatic amines is 2. The van der Waals surface area contributed by atoms with Crippen LogP contribution in [-0.2, 0) is 0 Å². The Kier molecular flexibility index (Phi) is 1.88. The van der Waals surface area contributed by atoms with Crippen LogP contribution in [0.4, 0.5) is 0 Å². The zero-order chi connectivity index (χ0) is 8.55. The second-order valence-electron chi connectivity index (χ2n) is 3.17. The molecule has 1 heterocycles. The minimum atomic E-state index is -0.105. The first kappa shape index (κ1) is 7.79. The van der Waals surface area contributed by atoms with Crippen LogP contribution in [0.3, 0.4) is 0 Å². The van der Waals surface area contributed by atoms with E-state index in [2.05, 4.69) is 10.2 Å². The molecule has 1 aromatic rings. The van der Waals surface area contributed by atoms with Crippen LogP contribution in [0.2, 0.25) is 0 Å². The second-order valence-corrected chi connectivity index (χ2v) is 3.56. The molecule has 0 aliphatic heterocycles. The number of hydrogen-bond donors (Lipinski definition) is 2. The van der Waals surface area contributed by atoms with Crippen LogP contribution in [0.25, 0.3) is 0 Å². The Balaban J connectivity index is 2.44. The van der Waals surface area contributed by atoms with Crippen molar-refractivity contribution in [2.75, 3.05) is 0 Å². The molecule has 0 spiro atoms. The number of nitrogens with one attached hydrogen (secondary N) is 2. The molecule has 1 aliphatic carbocycles. The van der Waals surface area contributed by atoms with Crippen molar-refractivity contribution in [2.45, 2.75) is 31.7 Å². The summed E-state index contributed by atoms with van der Waals surface area (Å²) in [5, 5.41) is 5.15. The van der Waals surface area contributed by atoms with Gasteiger partial charge in [-0.25, -0.2) is 9.89 Å². The van der Waals surface area contributed by atoms with Crippen LogP contribution in [0.15, 0.2) is 4.79 Å². The molecule has 0 aromatic carbocycles. The molecular weight excluding hydrogens is 174 g/mol. The van der Waals surface area contributed by atoms with Gasteiger partial charge in [-0.2, -0.15) is 0 Å². The van der Waals surface area contributed by atoms with Crippen LogP contribution in [0.1, 0.15) is 31.7 Å². The lowest BCUT2D eigenvalue weighted by Crippen LogP contribution is -2.20. The third-order valence-electron chi connectivity index (χ3n) is 2.40. The van der Waals surface area contributed by atoms with E-state index in [0.29, 0.717) is 10.8 Å². The van der Waals surface area contributed by atoms with Gasteiger partial charge in [0.05, 0.1) is 0 Å². The van der Waals surface area contributed by atoms with Gasteiger partial charge in [0.25, 0.3) is 0 Å². The Hall–Kier alpha value is -0.840. The first-order valence-electron chi connectivity index (χ1n) is 4.18. The Bertz CT molecular complexity index is 341. The summed E-state index contributed by atoms with van der Waals surface area (Å²) in [5.74, 6) is 0. The summed E-state index contributed by atoms with van der Waals surface area (Å²) in [6.07, 6.45) is 4.57. The largest absolute Gasteiger partial charge is 0.342 e. The summed E-state index contributed by atoms with van der Waals surface area (Å²) in [5.41, 5.74) is -0.105. The standard InChI is InChI=1S/C7H11N3OS/c11-6-8-9-7(12)10(6)5-3-1-2-4-5/h5H,1-4H2,(H,8,11)(H,9,12). The maximum absolute atomic E-state index is 11.2. The van der Waals surface area contributed by atoms with Crippen LogP contribution >= 0.6 is 12.2 Å². The van der Waals surface area contributed by atoms with Crippen LogP contribution in [-0.4, -0.2) is 14.8 Å². The Labute approximate surface area is 74.6 Å². The molecule has 0 atom stereocenters. The van der Waals surface area contributed by atoms with Crippen molar-refractivity contribution in [3.8, 4) is 0 Å². The number of aromatic nitrogens is 3.